The number of sulfone groups is 1. The van der Waals surface area contributed by atoms with Gasteiger partial charge in [-0.05, 0) is 64.6 Å². The van der Waals surface area contributed by atoms with Crippen molar-refractivity contribution in [3.8, 4) is 5.75 Å². The molecule has 0 heterocycles. The molecule has 5 nitrogen and oxygen atoms in total. The van der Waals surface area contributed by atoms with E-state index in [1.807, 2.05) is 43.4 Å². The van der Waals surface area contributed by atoms with Crippen LogP contribution >= 0.6 is 0 Å². The topological polar surface area (TPSA) is 80.7 Å². The monoisotopic (exact) mass is 410 g/mol. The molecule has 0 atom stereocenters. The lowest BCUT2D eigenvalue weighted by Crippen LogP contribution is -1.97. The molecule has 0 unspecified atom stereocenters. The quantitative estimate of drug-likeness (QED) is 0.761. The Labute approximate surface area is 170 Å². The Hall–Kier alpha value is -3.12. The predicted molar refractivity (Wildman–Crippen MR) is 114 cm³/mol. The van der Waals surface area contributed by atoms with E-state index in [1.54, 1.807) is 31.4 Å². The number of methoxy groups -OCH3 is 1. The van der Waals surface area contributed by atoms with Crippen molar-refractivity contribution in [3.05, 3.63) is 76.9 Å². The van der Waals surface area contributed by atoms with Crippen molar-refractivity contribution >= 4 is 33.0 Å². The highest BCUT2D eigenvalue weighted by Crippen LogP contribution is 2.44. The van der Waals surface area contributed by atoms with Gasteiger partial charge in [-0.2, -0.15) is 0 Å². The molecule has 0 amide bonds. The number of ether oxygens (including phenoxy) is 1. The molecule has 0 radical (unpaired) electrons. The molecule has 1 aliphatic rings. The minimum absolute atomic E-state index is 0.0555. The SMILES string of the molecule is COc1ccc2c(c1)C(CC(=O)O)=C(C)C2=CC=Cc1ccc(S(C)(=O)=O)cc1. The fourth-order valence-electron chi connectivity index (χ4n) is 3.38. The molecular formula is C23H22O5S. The first-order valence-electron chi connectivity index (χ1n) is 9.00. The average Bonchev–Trinajstić information content (AvgIpc) is 2.92. The van der Waals surface area contributed by atoms with Crippen LogP contribution in [0.4, 0.5) is 0 Å². The van der Waals surface area contributed by atoms with E-state index in [2.05, 4.69) is 0 Å². The molecule has 0 aliphatic heterocycles. The van der Waals surface area contributed by atoms with Crippen LogP contribution in [0.1, 0.15) is 30.0 Å². The normalized spacial score (nSPS) is 15.2. The number of allylic oxidation sites excluding steroid dienone is 4. The summed E-state index contributed by atoms with van der Waals surface area (Å²) < 4.78 is 28.4. The number of carboxylic acids is 1. The molecule has 150 valence electrons. The Kier molecular flexibility index (Phi) is 5.75. The first-order chi connectivity index (χ1) is 13.7. The molecule has 0 saturated heterocycles. The van der Waals surface area contributed by atoms with Crippen molar-refractivity contribution in [2.45, 2.75) is 18.2 Å². The third kappa shape index (κ3) is 4.49. The lowest BCUT2D eigenvalue weighted by Gasteiger charge is -2.06. The third-order valence-electron chi connectivity index (χ3n) is 4.89. The lowest BCUT2D eigenvalue weighted by molar-refractivity contribution is -0.135. The zero-order valence-electron chi connectivity index (χ0n) is 16.5. The van der Waals surface area contributed by atoms with Gasteiger partial charge in [-0.25, -0.2) is 8.42 Å². The number of rotatable bonds is 6. The number of benzene rings is 2. The van der Waals surface area contributed by atoms with Gasteiger partial charge in [0.25, 0.3) is 0 Å². The van der Waals surface area contributed by atoms with Crippen LogP contribution in [0, 0.1) is 0 Å². The van der Waals surface area contributed by atoms with Crippen molar-refractivity contribution in [1.29, 1.82) is 0 Å². The first-order valence-corrected chi connectivity index (χ1v) is 10.9. The number of hydrogen-bond donors (Lipinski definition) is 1. The molecule has 0 aromatic heterocycles. The van der Waals surface area contributed by atoms with Crippen molar-refractivity contribution in [1.82, 2.24) is 0 Å². The van der Waals surface area contributed by atoms with E-state index in [0.717, 1.165) is 33.4 Å². The third-order valence-corrected chi connectivity index (χ3v) is 6.01. The Bertz CT molecular complexity index is 1150. The summed E-state index contributed by atoms with van der Waals surface area (Å²) in [6.07, 6.45) is 6.83. The average molecular weight is 410 g/mol. The largest absolute Gasteiger partial charge is 0.497 e. The molecule has 1 aliphatic carbocycles. The van der Waals surface area contributed by atoms with E-state index in [9.17, 15) is 18.3 Å². The molecule has 6 heteroatoms. The molecule has 3 rings (SSSR count). The summed E-state index contributed by atoms with van der Waals surface area (Å²) in [5, 5.41) is 9.29. The number of fused-ring (bicyclic) bond motifs is 1. The maximum absolute atomic E-state index is 11.6. The molecule has 0 fully saturated rings. The summed E-state index contributed by atoms with van der Waals surface area (Å²) in [6.45, 7) is 1.92. The predicted octanol–water partition coefficient (Wildman–Crippen LogP) is 4.46. The summed E-state index contributed by atoms with van der Waals surface area (Å²) in [4.78, 5) is 11.6. The van der Waals surface area contributed by atoms with Gasteiger partial charge in [-0.15, -0.1) is 0 Å². The van der Waals surface area contributed by atoms with Crippen molar-refractivity contribution in [2.24, 2.45) is 0 Å². The van der Waals surface area contributed by atoms with E-state index in [0.29, 0.717) is 5.75 Å². The Balaban J connectivity index is 1.95. The number of hydrogen-bond acceptors (Lipinski definition) is 4. The van der Waals surface area contributed by atoms with Crippen molar-refractivity contribution < 1.29 is 23.1 Å². The summed E-state index contributed by atoms with van der Waals surface area (Å²) in [7, 11) is -1.63. The van der Waals surface area contributed by atoms with Gasteiger partial charge in [0.2, 0.25) is 0 Å². The fourth-order valence-corrected chi connectivity index (χ4v) is 4.01. The Morgan fingerprint density at radius 2 is 1.79 bits per heavy atom. The number of carbonyl (C=O) groups is 1. The molecule has 2 aromatic carbocycles. The Morgan fingerprint density at radius 3 is 2.38 bits per heavy atom. The van der Waals surface area contributed by atoms with E-state index in [1.165, 1.54) is 6.26 Å². The Morgan fingerprint density at radius 1 is 1.10 bits per heavy atom. The standard InChI is InChI=1S/C23H22O5S/c1-15-19(6-4-5-16-7-10-18(11-8-16)29(3,26)27)20-12-9-17(28-2)13-22(20)21(15)14-23(24)25/h4-13H,14H2,1-3H3,(H,24,25). The van der Waals surface area contributed by atoms with Crippen LogP contribution in [-0.4, -0.2) is 32.9 Å². The van der Waals surface area contributed by atoms with Crippen molar-refractivity contribution in [2.75, 3.05) is 13.4 Å². The molecule has 29 heavy (non-hydrogen) atoms. The van der Waals surface area contributed by atoms with Gasteiger partial charge in [-0.1, -0.05) is 36.4 Å². The lowest BCUT2D eigenvalue weighted by atomic mass is 10.0. The highest BCUT2D eigenvalue weighted by molar-refractivity contribution is 7.90. The summed E-state index contributed by atoms with van der Waals surface area (Å²) >= 11 is 0. The molecule has 0 bridgehead atoms. The van der Waals surface area contributed by atoms with Gasteiger partial charge in [0.1, 0.15) is 5.75 Å². The summed E-state index contributed by atoms with van der Waals surface area (Å²) in [5.74, 6) is -0.196. The maximum Gasteiger partial charge on any atom is 0.307 e. The van der Waals surface area contributed by atoms with Gasteiger partial charge in [0, 0.05) is 6.26 Å². The van der Waals surface area contributed by atoms with Gasteiger partial charge in [0.05, 0.1) is 18.4 Å². The van der Waals surface area contributed by atoms with Crippen LogP contribution in [0.15, 0.2) is 65.1 Å². The zero-order valence-corrected chi connectivity index (χ0v) is 17.3. The fraction of sp³-hybridized carbons (Fsp3) is 0.174. The second-order valence-corrected chi connectivity index (χ2v) is 8.88. The molecule has 0 saturated carbocycles. The van der Waals surface area contributed by atoms with Crippen LogP contribution in [0.3, 0.4) is 0 Å². The summed E-state index contributed by atoms with van der Waals surface area (Å²) in [6, 6.07) is 12.3. The van der Waals surface area contributed by atoms with Crippen molar-refractivity contribution in [3.63, 3.8) is 0 Å². The second-order valence-electron chi connectivity index (χ2n) is 6.87. The van der Waals surface area contributed by atoms with Gasteiger partial charge in [-0.3, -0.25) is 4.79 Å². The zero-order chi connectivity index (χ0) is 21.2. The first kappa shape index (κ1) is 20.6. The van der Waals surface area contributed by atoms with Crippen LogP contribution in [0.25, 0.3) is 17.2 Å². The van der Waals surface area contributed by atoms with Gasteiger partial charge in [0.15, 0.2) is 9.84 Å². The van der Waals surface area contributed by atoms with E-state index in [-0.39, 0.29) is 11.3 Å². The van der Waals surface area contributed by atoms with Gasteiger partial charge >= 0.3 is 5.97 Å². The smallest absolute Gasteiger partial charge is 0.307 e. The second kappa shape index (κ2) is 8.09. The highest BCUT2D eigenvalue weighted by atomic mass is 32.2. The molecule has 1 N–H and O–H groups in total. The molecule has 0 spiro atoms. The number of carboxylic acid groups (broad SMARTS) is 1. The molecular weight excluding hydrogens is 388 g/mol. The van der Waals surface area contributed by atoms with Gasteiger partial charge < -0.3 is 9.84 Å². The van der Waals surface area contributed by atoms with E-state index < -0.39 is 15.8 Å². The minimum atomic E-state index is -3.22. The summed E-state index contributed by atoms with van der Waals surface area (Å²) in [5.41, 5.74) is 5.38. The van der Waals surface area contributed by atoms with Crippen LogP contribution in [-0.2, 0) is 14.6 Å². The van der Waals surface area contributed by atoms with Crippen LogP contribution < -0.4 is 4.74 Å². The van der Waals surface area contributed by atoms with Crippen LogP contribution in [0.2, 0.25) is 0 Å². The van der Waals surface area contributed by atoms with Crippen LogP contribution in [0.5, 0.6) is 5.75 Å². The highest BCUT2D eigenvalue weighted by Gasteiger charge is 2.25. The minimum Gasteiger partial charge on any atom is -0.497 e. The molecule has 2 aromatic rings. The maximum atomic E-state index is 11.6. The van der Waals surface area contributed by atoms with E-state index in [4.69, 9.17) is 4.74 Å². The van der Waals surface area contributed by atoms with E-state index >= 15 is 0 Å². The number of aliphatic carboxylic acids is 1.